The normalized spacial score (nSPS) is 14.0. The van der Waals surface area contributed by atoms with E-state index >= 15 is 0 Å². The summed E-state index contributed by atoms with van der Waals surface area (Å²) in [5.74, 6) is 0.0580. The molecule has 62 valence electrons. The molecule has 2 N–H and O–H groups in total. The van der Waals surface area contributed by atoms with Gasteiger partial charge in [0.05, 0.1) is 28.1 Å². The Morgan fingerprint density at radius 2 is 1.92 bits per heavy atom. The molecule has 1 aliphatic rings. The Morgan fingerprint density at radius 1 is 1.15 bits per heavy atom. The molecule has 1 aromatic carbocycles. The van der Waals surface area contributed by atoms with Gasteiger partial charge in [-0.1, -0.05) is 0 Å². The molecule has 0 radical (unpaired) electrons. The first-order valence-corrected chi connectivity index (χ1v) is 3.82. The number of hydrogen-bond acceptors (Lipinski definition) is 2. The molecule has 2 aromatic rings. The minimum absolute atomic E-state index is 0.0580. The van der Waals surface area contributed by atoms with Crippen LogP contribution in [0.2, 0.25) is 0 Å². The SMILES string of the molecule is N=C1N=c2cc3nc[nH]c3cc2=N1. The maximum atomic E-state index is 7.26. The highest BCUT2D eigenvalue weighted by Gasteiger charge is 2.04. The summed E-state index contributed by atoms with van der Waals surface area (Å²) < 4.78 is 0. The number of imidazole rings is 1. The van der Waals surface area contributed by atoms with Gasteiger partial charge in [0.2, 0.25) is 5.96 Å². The van der Waals surface area contributed by atoms with E-state index in [1.54, 1.807) is 6.33 Å². The fourth-order valence-electron chi connectivity index (χ4n) is 1.39. The molecule has 1 aromatic heterocycles. The maximum absolute atomic E-state index is 7.26. The largest absolute Gasteiger partial charge is 0.345 e. The van der Waals surface area contributed by atoms with Crippen molar-refractivity contribution < 1.29 is 0 Å². The van der Waals surface area contributed by atoms with Gasteiger partial charge in [-0.05, 0) is 12.1 Å². The quantitative estimate of drug-likeness (QED) is 0.563. The molecule has 5 nitrogen and oxygen atoms in total. The Labute approximate surface area is 72.4 Å². The van der Waals surface area contributed by atoms with Gasteiger partial charge in [0, 0.05) is 0 Å². The fourth-order valence-corrected chi connectivity index (χ4v) is 1.39. The third-order valence-electron chi connectivity index (χ3n) is 1.97. The highest BCUT2D eigenvalue weighted by Crippen LogP contribution is 2.02. The molecule has 1 aliphatic heterocycles. The predicted molar refractivity (Wildman–Crippen MR) is 46.1 cm³/mol. The van der Waals surface area contributed by atoms with Crippen molar-refractivity contribution in [3.63, 3.8) is 0 Å². The lowest BCUT2D eigenvalue weighted by atomic mass is 10.3. The topological polar surface area (TPSA) is 77.2 Å². The molecule has 0 spiro atoms. The Morgan fingerprint density at radius 3 is 2.77 bits per heavy atom. The summed E-state index contributed by atoms with van der Waals surface area (Å²) in [4.78, 5) is 15.0. The minimum atomic E-state index is 0.0580. The van der Waals surface area contributed by atoms with E-state index in [2.05, 4.69) is 20.0 Å². The molecule has 0 unspecified atom stereocenters. The number of hydrogen-bond donors (Lipinski definition) is 2. The van der Waals surface area contributed by atoms with Gasteiger partial charge in [0.25, 0.3) is 0 Å². The lowest BCUT2D eigenvalue weighted by Crippen LogP contribution is -2.20. The molecular weight excluding hydrogens is 166 g/mol. The maximum Gasteiger partial charge on any atom is 0.243 e. The van der Waals surface area contributed by atoms with Crippen molar-refractivity contribution in [1.29, 1.82) is 5.41 Å². The van der Waals surface area contributed by atoms with Crippen LogP contribution in [0.4, 0.5) is 0 Å². The molecule has 5 heteroatoms. The average molecular weight is 171 g/mol. The van der Waals surface area contributed by atoms with Crippen LogP contribution in [0.3, 0.4) is 0 Å². The first kappa shape index (κ1) is 6.47. The number of aromatic nitrogens is 2. The zero-order valence-corrected chi connectivity index (χ0v) is 6.57. The van der Waals surface area contributed by atoms with Crippen molar-refractivity contribution in [2.75, 3.05) is 0 Å². The van der Waals surface area contributed by atoms with Gasteiger partial charge in [-0.2, -0.15) is 0 Å². The molecule has 0 saturated heterocycles. The minimum Gasteiger partial charge on any atom is -0.345 e. The third-order valence-corrected chi connectivity index (χ3v) is 1.97. The predicted octanol–water partition coefficient (Wildman–Crippen LogP) is -0.250. The smallest absolute Gasteiger partial charge is 0.243 e. The van der Waals surface area contributed by atoms with Crippen molar-refractivity contribution in [2.24, 2.45) is 9.98 Å². The standard InChI is InChI=1S/C8H5N5/c9-8-12-6-1-4-5(11-3-10-4)2-7(6)13-8/h1-3,9H,(H,10,11). The van der Waals surface area contributed by atoms with Gasteiger partial charge in [0.15, 0.2) is 0 Å². The van der Waals surface area contributed by atoms with Crippen LogP contribution in [-0.2, 0) is 0 Å². The summed E-state index contributed by atoms with van der Waals surface area (Å²) in [5, 5.41) is 8.72. The van der Waals surface area contributed by atoms with E-state index < -0.39 is 0 Å². The first-order chi connectivity index (χ1) is 6.33. The van der Waals surface area contributed by atoms with E-state index in [9.17, 15) is 0 Å². The molecule has 3 rings (SSSR count). The van der Waals surface area contributed by atoms with Crippen molar-refractivity contribution >= 4 is 17.0 Å². The van der Waals surface area contributed by atoms with Crippen LogP contribution in [0.1, 0.15) is 0 Å². The van der Waals surface area contributed by atoms with Gasteiger partial charge in [-0.3, -0.25) is 5.41 Å². The van der Waals surface area contributed by atoms with Crippen LogP contribution in [0.15, 0.2) is 28.4 Å². The van der Waals surface area contributed by atoms with E-state index in [0.29, 0.717) is 0 Å². The van der Waals surface area contributed by atoms with Crippen LogP contribution in [0.5, 0.6) is 0 Å². The van der Waals surface area contributed by atoms with Gasteiger partial charge in [-0.15, -0.1) is 0 Å². The Bertz CT molecular complexity index is 570. The second-order valence-electron chi connectivity index (χ2n) is 2.81. The van der Waals surface area contributed by atoms with Crippen LogP contribution in [-0.4, -0.2) is 15.9 Å². The van der Waals surface area contributed by atoms with Gasteiger partial charge in [0.1, 0.15) is 0 Å². The van der Waals surface area contributed by atoms with Crippen molar-refractivity contribution in [3.8, 4) is 0 Å². The summed E-state index contributed by atoms with van der Waals surface area (Å²) >= 11 is 0. The van der Waals surface area contributed by atoms with Crippen LogP contribution in [0, 0.1) is 5.41 Å². The van der Waals surface area contributed by atoms with Gasteiger partial charge in [-0.25, -0.2) is 15.0 Å². The lowest BCUT2D eigenvalue weighted by Gasteiger charge is -1.83. The Hall–Kier alpha value is -2.04. The number of guanidine groups is 1. The van der Waals surface area contributed by atoms with Gasteiger partial charge < -0.3 is 4.98 Å². The van der Waals surface area contributed by atoms with Gasteiger partial charge >= 0.3 is 0 Å². The monoisotopic (exact) mass is 171 g/mol. The number of nitrogens with zero attached hydrogens (tertiary/aromatic N) is 3. The van der Waals surface area contributed by atoms with Crippen LogP contribution in [0.25, 0.3) is 11.0 Å². The number of H-pyrrole nitrogens is 1. The van der Waals surface area contributed by atoms with E-state index in [1.165, 1.54) is 0 Å². The summed E-state index contributed by atoms with van der Waals surface area (Å²) in [5.41, 5.74) is 1.78. The number of aromatic amines is 1. The average Bonchev–Trinajstić information content (AvgIpc) is 2.63. The lowest BCUT2D eigenvalue weighted by molar-refractivity contribution is 1.34. The number of benzene rings is 1. The van der Waals surface area contributed by atoms with E-state index in [4.69, 9.17) is 5.41 Å². The molecule has 2 heterocycles. The molecule has 0 saturated carbocycles. The molecular formula is C8H5N5. The highest BCUT2D eigenvalue weighted by molar-refractivity contribution is 5.82. The second kappa shape index (κ2) is 2.01. The number of nitrogens with one attached hydrogen (secondary N) is 2. The fraction of sp³-hybridized carbons (Fsp3) is 0. The molecule has 0 bridgehead atoms. The number of fused-ring (bicyclic) bond motifs is 2. The summed E-state index contributed by atoms with van der Waals surface area (Å²) in [7, 11) is 0. The van der Waals surface area contributed by atoms with E-state index in [0.717, 1.165) is 21.7 Å². The zero-order valence-electron chi connectivity index (χ0n) is 6.57. The Balaban J connectivity index is 2.60. The van der Waals surface area contributed by atoms with Crippen LogP contribution >= 0.6 is 0 Å². The summed E-state index contributed by atoms with van der Waals surface area (Å²) in [6, 6.07) is 3.68. The summed E-state index contributed by atoms with van der Waals surface area (Å²) in [6.07, 6.45) is 1.63. The molecule has 0 fully saturated rings. The molecule has 0 aliphatic carbocycles. The molecule has 0 atom stereocenters. The highest BCUT2D eigenvalue weighted by atomic mass is 15.1. The van der Waals surface area contributed by atoms with Crippen molar-refractivity contribution in [2.45, 2.75) is 0 Å². The van der Waals surface area contributed by atoms with Crippen LogP contribution < -0.4 is 10.7 Å². The second-order valence-corrected chi connectivity index (χ2v) is 2.81. The first-order valence-electron chi connectivity index (χ1n) is 3.82. The summed E-state index contributed by atoms with van der Waals surface area (Å²) in [6.45, 7) is 0. The molecule has 13 heavy (non-hydrogen) atoms. The van der Waals surface area contributed by atoms with E-state index in [1.807, 2.05) is 12.1 Å². The van der Waals surface area contributed by atoms with Crippen molar-refractivity contribution in [3.05, 3.63) is 29.2 Å². The zero-order chi connectivity index (χ0) is 8.84. The van der Waals surface area contributed by atoms with Crippen molar-refractivity contribution in [1.82, 2.24) is 9.97 Å². The van der Waals surface area contributed by atoms with E-state index in [-0.39, 0.29) is 5.96 Å². The molecule has 0 amide bonds. The third kappa shape index (κ3) is 0.807. The number of rotatable bonds is 0. The Kier molecular flexibility index (Phi) is 0.999.